The fourth-order valence-electron chi connectivity index (χ4n) is 4.67. The molecular weight excluding hydrogens is 538 g/mol. The number of methoxy groups -OCH3 is 1. The Labute approximate surface area is 244 Å². The van der Waals surface area contributed by atoms with E-state index in [4.69, 9.17) is 4.74 Å². The molecule has 41 heavy (non-hydrogen) atoms. The van der Waals surface area contributed by atoms with Gasteiger partial charge in [0.05, 0.1) is 17.7 Å². The second-order valence-electron chi connectivity index (χ2n) is 10.3. The smallest absolute Gasteiger partial charge is 0.264 e. The van der Waals surface area contributed by atoms with Gasteiger partial charge in [-0.25, -0.2) is 8.42 Å². The minimum atomic E-state index is -4.11. The zero-order valence-electron chi connectivity index (χ0n) is 24.8. The van der Waals surface area contributed by atoms with Gasteiger partial charge in [-0.05, 0) is 86.7 Å². The fourth-order valence-corrected chi connectivity index (χ4v) is 6.09. The van der Waals surface area contributed by atoms with Gasteiger partial charge < -0.3 is 15.0 Å². The summed E-state index contributed by atoms with van der Waals surface area (Å²) in [5.41, 5.74) is 2.89. The van der Waals surface area contributed by atoms with Gasteiger partial charge in [-0.15, -0.1) is 0 Å². The zero-order chi connectivity index (χ0) is 30.2. The summed E-state index contributed by atoms with van der Waals surface area (Å²) >= 11 is 0. The highest BCUT2D eigenvalue weighted by atomic mass is 32.2. The molecule has 0 aliphatic rings. The molecule has 0 fully saturated rings. The summed E-state index contributed by atoms with van der Waals surface area (Å²) in [5.74, 6) is -0.143. The number of amides is 2. The Morgan fingerprint density at radius 2 is 1.56 bits per heavy atom. The second-order valence-corrected chi connectivity index (χ2v) is 12.1. The lowest BCUT2D eigenvalue weighted by molar-refractivity contribution is -0.140. The van der Waals surface area contributed by atoms with Crippen LogP contribution in [0.25, 0.3) is 0 Å². The molecular formula is C32H41N3O5S. The number of hydrogen-bond donors (Lipinski definition) is 1. The van der Waals surface area contributed by atoms with E-state index in [1.807, 2.05) is 58.9 Å². The number of benzene rings is 3. The van der Waals surface area contributed by atoms with Crippen molar-refractivity contribution in [2.24, 2.45) is 0 Å². The topological polar surface area (TPSA) is 96.0 Å². The maximum Gasteiger partial charge on any atom is 0.264 e. The van der Waals surface area contributed by atoms with Crippen molar-refractivity contribution in [1.29, 1.82) is 0 Å². The summed E-state index contributed by atoms with van der Waals surface area (Å²) in [6, 6.07) is 19.9. The van der Waals surface area contributed by atoms with Crippen molar-refractivity contribution in [3.05, 3.63) is 89.5 Å². The highest BCUT2D eigenvalue weighted by molar-refractivity contribution is 7.92. The van der Waals surface area contributed by atoms with Crippen molar-refractivity contribution < 1.29 is 22.7 Å². The van der Waals surface area contributed by atoms with Crippen LogP contribution in [0.3, 0.4) is 0 Å². The number of ether oxygens (including phenoxy) is 1. The average molecular weight is 580 g/mol. The molecule has 0 unspecified atom stereocenters. The van der Waals surface area contributed by atoms with Gasteiger partial charge in [-0.3, -0.25) is 13.9 Å². The van der Waals surface area contributed by atoms with Crippen LogP contribution in [-0.4, -0.2) is 50.9 Å². The molecule has 0 aromatic heterocycles. The molecule has 3 aromatic carbocycles. The normalized spacial score (nSPS) is 12.7. The Bertz CT molecular complexity index is 1420. The Morgan fingerprint density at radius 1 is 0.902 bits per heavy atom. The van der Waals surface area contributed by atoms with E-state index in [1.165, 1.54) is 17.0 Å². The van der Waals surface area contributed by atoms with Crippen LogP contribution >= 0.6 is 0 Å². The van der Waals surface area contributed by atoms with Crippen LogP contribution in [0.1, 0.15) is 50.3 Å². The molecule has 0 heterocycles. The van der Waals surface area contributed by atoms with Crippen molar-refractivity contribution in [2.75, 3.05) is 18.0 Å². The third-order valence-electron chi connectivity index (χ3n) is 6.98. The summed E-state index contributed by atoms with van der Waals surface area (Å²) in [7, 11) is -2.55. The summed E-state index contributed by atoms with van der Waals surface area (Å²) in [5, 5.41) is 2.99. The number of hydrogen-bond acceptors (Lipinski definition) is 5. The van der Waals surface area contributed by atoms with Gasteiger partial charge in [0.15, 0.2) is 0 Å². The van der Waals surface area contributed by atoms with E-state index in [0.717, 1.165) is 27.4 Å². The number of carbonyl (C=O) groups is 2. The van der Waals surface area contributed by atoms with Crippen molar-refractivity contribution in [1.82, 2.24) is 10.2 Å². The maximum atomic E-state index is 14.2. The summed E-state index contributed by atoms with van der Waals surface area (Å²) < 4.78 is 34.5. The third-order valence-corrected chi connectivity index (χ3v) is 8.77. The van der Waals surface area contributed by atoms with Crippen LogP contribution in [0.15, 0.2) is 77.7 Å². The monoisotopic (exact) mass is 579 g/mol. The molecule has 2 amide bonds. The first-order chi connectivity index (χ1) is 19.5. The Morgan fingerprint density at radius 3 is 2.15 bits per heavy atom. The largest absolute Gasteiger partial charge is 0.497 e. The predicted molar refractivity (Wildman–Crippen MR) is 162 cm³/mol. The molecule has 0 saturated carbocycles. The zero-order valence-corrected chi connectivity index (χ0v) is 25.6. The van der Waals surface area contributed by atoms with Gasteiger partial charge in [0.2, 0.25) is 11.8 Å². The third kappa shape index (κ3) is 8.10. The Kier molecular flexibility index (Phi) is 10.9. The molecule has 0 bridgehead atoms. The Balaban J connectivity index is 2.09. The minimum absolute atomic E-state index is 0.0736. The highest BCUT2D eigenvalue weighted by Gasteiger charge is 2.34. The van der Waals surface area contributed by atoms with Crippen LogP contribution < -0.4 is 14.4 Å². The van der Waals surface area contributed by atoms with Crippen LogP contribution in [-0.2, 0) is 26.2 Å². The maximum absolute atomic E-state index is 14.2. The predicted octanol–water partition coefficient (Wildman–Crippen LogP) is 5.23. The molecule has 0 aliphatic heterocycles. The number of rotatable bonds is 13. The number of aryl methyl sites for hydroxylation is 2. The molecule has 8 nitrogen and oxygen atoms in total. The lowest BCUT2D eigenvalue weighted by Crippen LogP contribution is -2.53. The van der Waals surface area contributed by atoms with Gasteiger partial charge in [0, 0.05) is 12.6 Å². The van der Waals surface area contributed by atoms with Crippen molar-refractivity contribution in [2.45, 2.75) is 71.0 Å². The lowest BCUT2D eigenvalue weighted by Gasteiger charge is -2.34. The summed E-state index contributed by atoms with van der Waals surface area (Å²) in [6.45, 7) is 9.12. The van der Waals surface area contributed by atoms with E-state index >= 15 is 0 Å². The molecule has 0 spiro atoms. The molecule has 3 aromatic rings. The molecule has 1 N–H and O–H groups in total. The van der Waals surface area contributed by atoms with E-state index in [9.17, 15) is 18.0 Å². The molecule has 9 heteroatoms. The second kappa shape index (κ2) is 14.2. The first-order valence-corrected chi connectivity index (χ1v) is 15.3. The first-order valence-electron chi connectivity index (χ1n) is 13.9. The number of sulfonamides is 1. The van der Waals surface area contributed by atoms with Gasteiger partial charge in [0.25, 0.3) is 10.0 Å². The van der Waals surface area contributed by atoms with Crippen LogP contribution in [0, 0.1) is 13.8 Å². The van der Waals surface area contributed by atoms with E-state index in [2.05, 4.69) is 5.32 Å². The lowest BCUT2D eigenvalue weighted by atomic mass is 10.1. The number of carbonyl (C=O) groups excluding carboxylic acids is 2. The average Bonchev–Trinajstić information content (AvgIpc) is 2.95. The number of nitrogens with one attached hydrogen (secondary N) is 1. The van der Waals surface area contributed by atoms with Gasteiger partial charge >= 0.3 is 0 Å². The van der Waals surface area contributed by atoms with E-state index in [1.54, 1.807) is 43.5 Å². The Hall–Kier alpha value is -3.85. The summed E-state index contributed by atoms with van der Waals surface area (Å²) in [4.78, 5) is 29.2. The van der Waals surface area contributed by atoms with Crippen molar-refractivity contribution in [3.8, 4) is 5.75 Å². The summed E-state index contributed by atoms with van der Waals surface area (Å²) in [6.07, 6.45) is 1.09. The van der Waals surface area contributed by atoms with Crippen molar-refractivity contribution in [3.63, 3.8) is 0 Å². The number of anilines is 1. The van der Waals surface area contributed by atoms with Gasteiger partial charge in [-0.1, -0.05) is 50.2 Å². The van der Waals surface area contributed by atoms with Gasteiger partial charge in [0.1, 0.15) is 18.3 Å². The first kappa shape index (κ1) is 31.7. The number of nitrogens with zero attached hydrogens (tertiary/aromatic N) is 2. The van der Waals surface area contributed by atoms with Crippen molar-refractivity contribution >= 4 is 27.5 Å². The molecule has 0 saturated heterocycles. The van der Waals surface area contributed by atoms with Crippen LogP contribution in [0.4, 0.5) is 5.69 Å². The minimum Gasteiger partial charge on any atom is -0.497 e. The molecule has 220 valence electrons. The highest BCUT2D eigenvalue weighted by Crippen LogP contribution is 2.27. The molecule has 2 atom stereocenters. The van der Waals surface area contributed by atoms with E-state index in [0.29, 0.717) is 17.9 Å². The fraction of sp³-hybridized carbons (Fsp3) is 0.375. The van der Waals surface area contributed by atoms with E-state index < -0.39 is 28.5 Å². The van der Waals surface area contributed by atoms with Gasteiger partial charge in [-0.2, -0.15) is 0 Å². The van der Waals surface area contributed by atoms with Crippen LogP contribution in [0.2, 0.25) is 0 Å². The SMILES string of the molecule is CC[C@@H](C)NC(=O)[C@H](CC)N(Cc1cccc(OC)c1)C(=O)CN(c1cc(C)cc(C)c1)S(=O)(=O)c1ccccc1. The van der Waals surface area contributed by atoms with E-state index in [-0.39, 0.29) is 23.4 Å². The molecule has 0 aliphatic carbocycles. The standard InChI is InChI=1S/C32H41N3O5S/c1-7-25(5)33-32(37)30(8-2)34(21-26-13-12-14-28(20-26)40-6)31(36)22-35(27-18-23(3)17-24(4)19-27)41(38,39)29-15-10-9-11-16-29/h9-20,25,30H,7-8,21-22H2,1-6H3,(H,33,37)/t25-,30+/m1/s1. The van der Waals surface area contributed by atoms with Crippen LogP contribution in [0.5, 0.6) is 5.75 Å². The molecule has 0 radical (unpaired) electrons. The molecule has 3 rings (SSSR count). The quantitative estimate of drug-likeness (QED) is 0.299.